The maximum Gasteiger partial charge on any atom is 0.253 e. The van der Waals surface area contributed by atoms with Crippen molar-refractivity contribution in [2.24, 2.45) is 5.92 Å². The SMILES string of the molecule is Cc1ccc(C(=O)N2CCC(CCc3ccc(O)cc3)CC2)cc1. The van der Waals surface area contributed by atoms with Gasteiger partial charge in [-0.2, -0.15) is 0 Å². The summed E-state index contributed by atoms with van der Waals surface area (Å²) in [4.78, 5) is 14.5. The maximum atomic E-state index is 12.5. The van der Waals surface area contributed by atoms with Gasteiger partial charge < -0.3 is 10.0 Å². The van der Waals surface area contributed by atoms with Crippen LogP contribution in [0.2, 0.25) is 0 Å². The van der Waals surface area contributed by atoms with E-state index >= 15 is 0 Å². The third-order valence-electron chi connectivity index (χ3n) is 4.98. The van der Waals surface area contributed by atoms with E-state index in [0.717, 1.165) is 44.3 Å². The molecule has 1 saturated heterocycles. The second-order valence-corrected chi connectivity index (χ2v) is 6.81. The Kier molecular flexibility index (Phi) is 5.19. The van der Waals surface area contributed by atoms with Crippen LogP contribution in [-0.2, 0) is 6.42 Å². The molecule has 0 unspecified atom stereocenters. The quantitative estimate of drug-likeness (QED) is 0.916. The van der Waals surface area contributed by atoms with Crippen LogP contribution in [0.3, 0.4) is 0 Å². The van der Waals surface area contributed by atoms with Gasteiger partial charge in [0, 0.05) is 18.7 Å². The van der Waals surface area contributed by atoms with Crippen molar-refractivity contribution in [3.63, 3.8) is 0 Å². The lowest BCUT2D eigenvalue weighted by atomic mass is 9.90. The van der Waals surface area contributed by atoms with Crippen molar-refractivity contribution >= 4 is 5.91 Å². The van der Waals surface area contributed by atoms with Gasteiger partial charge in [-0.1, -0.05) is 29.8 Å². The van der Waals surface area contributed by atoms with E-state index in [0.29, 0.717) is 11.7 Å². The first-order valence-corrected chi connectivity index (χ1v) is 8.75. The third-order valence-corrected chi connectivity index (χ3v) is 4.98. The van der Waals surface area contributed by atoms with Gasteiger partial charge in [-0.3, -0.25) is 4.79 Å². The molecule has 0 radical (unpaired) electrons. The number of likely N-dealkylation sites (tertiary alicyclic amines) is 1. The van der Waals surface area contributed by atoms with Gasteiger partial charge in [0.05, 0.1) is 0 Å². The number of amides is 1. The van der Waals surface area contributed by atoms with Crippen LogP contribution >= 0.6 is 0 Å². The molecule has 1 aliphatic rings. The molecule has 0 bridgehead atoms. The molecule has 0 aromatic heterocycles. The minimum absolute atomic E-state index is 0.159. The monoisotopic (exact) mass is 323 g/mol. The van der Waals surface area contributed by atoms with Gasteiger partial charge >= 0.3 is 0 Å². The van der Waals surface area contributed by atoms with E-state index in [4.69, 9.17) is 0 Å². The van der Waals surface area contributed by atoms with Crippen LogP contribution in [0, 0.1) is 12.8 Å². The summed E-state index contributed by atoms with van der Waals surface area (Å²) in [5.41, 5.74) is 3.24. The molecule has 0 aliphatic carbocycles. The number of aromatic hydroxyl groups is 1. The molecule has 1 heterocycles. The number of carbonyl (C=O) groups excluding carboxylic acids is 1. The van der Waals surface area contributed by atoms with E-state index in [1.165, 1.54) is 11.1 Å². The second kappa shape index (κ2) is 7.52. The highest BCUT2D eigenvalue weighted by Gasteiger charge is 2.23. The highest BCUT2D eigenvalue weighted by atomic mass is 16.3. The molecule has 0 atom stereocenters. The Hall–Kier alpha value is -2.29. The first-order chi connectivity index (χ1) is 11.6. The Morgan fingerprint density at radius 2 is 1.67 bits per heavy atom. The largest absolute Gasteiger partial charge is 0.508 e. The molecule has 1 amide bonds. The standard InChI is InChI=1S/C21H25NO2/c1-16-2-8-19(9-3-16)21(24)22-14-12-18(13-15-22)5-4-17-6-10-20(23)11-7-17/h2-3,6-11,18,23H,4-5,12-15H2,1H3. The molecule has 3 rings (SSSR count). The first kappa shape index (κ1) is 16.6. The Labute approximate surface area is 143 Å². The van der Waals surface area contributed by atoms with Crippen LogP contribution in [0.4, 0.5) is 0 Å². The number of phenols is 1. The van der Waals surface area contributed by atoms with Gasteiger partial charge in [0.25, 0.3) is 5.91 Å². The molecule has 1 N–H and O–H groups in total. The zero-order valence-electron chi connectivity index (χ0n) is 14.2. The van der Waals surface area contributed by atoms with Gasteiger partial charge in [-0.05, 0) is 68.4 Å². The lowest BCUT2D eigenvalue weighted by Crippen LogP contribution is -2.38. The minimum Gasteiger partial charge on any atom is -0.508 e. The first-order valence-electron chi connectivity index (χ1n) is 8.75. The number of hydrogen-bond donors (Lipinski definition) is 1. The summed E-state index contributed by atoms with van der Waals surface area (Å²) in [6, 6.07) is 15.3. The van der Waals surface area contributed by atoms with Crippen molar-refractivity contribution in [3.05, 3.63) is 65.2 Å². The molecule has 3 nitrogen and oxygen atoms in total. The number of carbonyl (C=O) groups is 1. The molecular weight excluding hydrogens is 298 g/mol. The predicted molar refractivity (Wildman–Crippen MR) is 96.2 cm³/mol. The van der Waals surface area contributed by atoms with Crippen LogP contribution in [0.1, 0.15) is 40.7 Å². The van der Waals surface area contributed by atoms with Crippen LogP contribution in [0.25, 0.3) is 0 Å². The molecule has 24 heavy (non-hydrogen) atoms. The highest BCUT2D eigenvalue weighted by Crippen LogP contribution is 2.24. The van der Waals surface area contributed by atoms with Crippen LogP contribution < -0.4 is 0 Å². The third kappa shape index (κ3) is 4.16. The van der Waals surface area contributed by atoms with Crippen molar-refractivity contribution in [2.45, 2.75) is 32.6 Å². The van der Waals surface area contributed by atoms with E-state index < -0.39 is 0 Å². The average Bonchev–Trinajstić information content (AvgIpc) is 2.62. The van der Waals surface area contributed by atoms with Gasteiger partial charge in [0.15, 0.2) is 0 Å². The van der Waals surface area contributed by atoms with E-state index in [1.54, 1.807) is 12.1 Å². The summed E-state index contributed by atoms with van der Waals surface area (Å²) in [7, 11) is 0. The Balaban J connectivity index is 1.47. The topological polar surface area (TPSA) is 40.5 Å². The molecule has 2 aromatic rings. The maximum absolute atomic E-state index is 12.5. The normalized spacial score (nSPS) is 15.5. The fourth-order valence-electron chi connectivity index (χ4n) is 3.34. The van der Waals surface area contributed by atoms with E-state index in [2.05, 4.69) is 0 Å². The molecule has 1 aliphatic heterocycles. The average molecular weight is 323 g/mol. The smallest absolute Gasteiger partial charge is 0.253 e. The van der Waals surface area contributed by atoms with E-state index in [1.807, 2.05) is 48.2 Å². The lowest BCUT2D eigenvalue weighted by molar-refractivity contribution is 0.0687. The molecule has 3 heteroatoms. The summed E-state index contributed by atoms with van der Waals surface area (Å²) in [5, 5.41) is 9.33. The zero-order chi connectivity index (χ0) is 16.9. The summed E-state index contributed by atoms with van der Waals surface area (Å²) in [6.07, 6.45) is 4.35. The zero-order valence-corrected chi connectivity index (χ0v) is 14.2. The van der Waals surface area contributed by atoms with Gasteiger partial charge in [-0.25, -0.2) is 0 Å². The van der Waals surface area contributed by atoms with Gasteiger partial charge in [0.2, 0.25) is 0 Å². The number of aryl methyl sites for hydroxylation is 2. The van der Waals surface area contributed by atoms with Crippen LogP contribution in [0.5, 0.6) is 5.75 Å². The number of piperidine rings is 1. The summed E-state index contributed by atoms with van der Waals surface area (Å²) < 4.78 is 0. The number of phenolic OH excluding ortho intramolecular Hbond substituents is 1. The Bertz CT molecular complexity index is 668. The summed E-state index contributed by atoms with van der Waals surface area (Å²) in [6.45, 7) is 3.74. The minimum atomic E-state index is 0.159. The number of hydrogen-bond acceptors (Lipinski definition) is 2. The van der Waals surface area contributed by atoms with Crippen molar-refractivity contribution in [2.75, 3.05) is 13.1 Å². The van der Waals surface area contributed by atoms with Crippen molar-refractivity contribution in [1.82, 2.24) is 4.90 Å². The lowest BCUT2D eigenvalue weighted by Gasteiger charge is -2.32. The van der Waals surface area contributed by atoms with Crippen molar-refractivity contribution < 1.29 is 9.90 Å². The van der Waals surface area contributed by atoms with Gasteiger partial charge in [-0.15, -0.1) is 0 Å². The highest BCUT2D eigenvalue weighted by molar-refractivity contribution is 5.94. The van der Waals surface area contributed by atoms with Crippen molar-refractivity contribution in [3.8, 4) is 5.75 Å². The predicted octanol–water partition coefficient (Wildman–Crippen LogP) is 4.19. The Morgan fingerprint density at radius 1 is 1.04 bits per heavy atom. The Morgan fingerprint density at radius 3 is 2.29 bits per heavy atom. The molecule has 0 saturated carbocycles. The molecule has 2 aromatic carbocycles. The second-order valence-electron chi connectivity index (χ2n) is 6.81. The summed E-state index contributed by atoms with van der Waals surface area (Å²) >= 11 is 0. The van der Waals surface area contributed by atoms with E-state index in [9.17, 15) is 9.90 Å². The number of benzene rings is 2. The summed E-state index contributed by atoms with van der Waals surface area (Å²) in [5.74, 6) is 1.16. The fraction of sp³-hybridized carbons (Fsp3) is 0.381. The van der Waals surface area contributed by atoms with Crippen LogP contribution in [0.15, 0.2) is 48.5 Å². The number of nitrogens with zero attached hydrogens (tertiary/aromatic N) is 1. The molecule has 0 spiro atoms. The fourth-order valence-corrected chi connectivity index (χ4v) is 3.34. The van der Waals surface area contributed by atoms with Crippen LogP contribution in [-0.4, -0.2) is 29.0 Å². The van der Waals surface area contributed by atoms with E-state index in [-0.39, 0.29) is 5.91 Å². The molecule has 126 valence electrons. The van der Waals surface area contributed by atoms with Gasteiger partial charge in [0.1, 0.15) is 5.75 Å². The number of rotatable bonds is 4. The van der Waals surface area contributed by atoms with Crippen molar-refractivity contribution in [1.29, 1.82) is 0 Å². The molecular formula is C21H25NO2. The molecule has 1 fully saturated rings.